The number of fused-ring (bicyclic) bond motifs is 2. The SMILES string of the molecule is CN(C)c1nc(N[C@H]2CC[C@@H](CNC(=O)Cc3c(-c4ccccc4)[nH]c4ccccc34)CC2)nc2ccccc12. The summed E-state index contributed by atoms with van der Waals surface area (Å²) in [6, 6.07) is 26.9. The van der Waals surface area contributed by atoms with Crippen molar-refractivity contribution in [2.75, 3.05) is 30.9 Å². The summed E-state index contributed by atoms with van der Waals surface area (Å²) in [6.07, 6.45) is 4.56. The molecule has 1 aliphatic carbocycles. The first-order valence-electron chi connectivity index (χ1n) is 14.2. The first-order valence-corrected chi connectivity index (χ1v) is 14.2. The van der Waals surface area contributed by atoms with Crippen LogP contribution in [0.2, 0.25) is 0 Å². The van der Waals surface area contributed by atoms with Crippen LogP contribution in [0.15, 0.2) is 78.9 Å². The zero-order chi connectivity index (χ0) is 27.5. The molecule has 0 aliphatic heterocycles. The van der Waals surface area contributed by atoms with E-state index in [1.165, 1.54) is 0 Å². The molecule has 0 spiro atoms. The molecule has 0 saturated heterocycles. The van der Waals surface area contributed by atoms with Gasteiger partial charge in [-0.2, -0.15) is 4.98 Å². The number of hydrogen-bond acceptors (Lipinski definition) is 5. The van der Waals surface area contributed by atoms with Crippen LogP contribution in [-0.2, 0) is 11.2 Å². The molecule has 1 aliphatic rings. The second-order valence-corrected chi connectivity index (χ2v) is 11.0. The zero-order valence-corrected chi connectivity index (χ0v) is 23.2. The lowest BCUT2D eigenvalue weighted by Gasteiger charge is -2.29. The average molecular weight is 533 g/mol. The number of aromatic amines is 1. The summed E-state index contributed by atoms with van der Waals surface area (Å²) in [5, 5.41) is 8.98. The highest BCUT2D eigenvalue weighted by molar-refractivity contribution is 5.95. The van der Waals surface area contributed by atoms with E-state index in [0.717, 1.165) is 70.1 Å². The minimum absolute atomic E-state index is 0.0722. The van der Waals surface area contributed by atoms with Gasteiger partial charge in [-0.3, -0.25) is 4.79 Å². The van der Waals surface area contributed by atoms with Gasteiger partial charge in [0.25, 0.3) is 0 Å². The third-order valence-corrected chi connectivity index (χ3v) is 7.99. The largest absolute Gasteiger partial charge is 0.362 e. The minimum atomic E-state index is 0.0722. The van der Waals surface area contributed by atoms with Crippen molar-refractivity contribution in [2.45, 2.75) is 38.1 Å². The first kappa shape index (κ1) is 25.9. The lowest BCUT2D eigenvalue weighted by atomic mass is 9.86. The number of carbonyl (C=O) groups excluding carboxylic acids is 1. The molecule has 3 aromatic carbocycles. The fourth-order valence-electron chi connectivity index (χ4n) is 5.87. The number of amides is 1. The minimum Gasteiger partial charge on any atom is -0.362 e. The maximum absolute atomic E-state index is 13.1. The highest BCUT2D eigenvalue weighted by Crippen LogP contribution is 2.31. The van der Waals surface area contributed by atoms with Gasteiger partial charge < -0.3 is 20.5 Å². The predicted octanol–water partition coefficient (Wildman–Crippen LogP) is 6.17. The van der Waals surface area contributed by atoms with E-state index >= 15 is 0 Å². The Morgan fingerprint density at radius 2 is 1.57 bits per heavy atom. The number of para-hydroxylation sites is 2. The summed E-state index contributed by atoms with van der Waals surface area (Å²) in [7, 11) is 4.03. The van der Waals surface area contributed by atoms with Gasteiger partial charge in [-0.15, -0.1) is 0 Å². The third kappa shape index (κ3) is 5.50. The molecule has 5 aromatic rings. The maximum atomic E-state index is 13.1. The van der Waals surface area contributed by atoms with E-state index in [0.29, 0.717) is 30.9 Å². The van der Waals surface area contributed by atoms with Gasteiger partial charge in [-0.05, 0) is 60.9 Å². The van der Waals surface area contributed by atoms with Gasteiger partial charge >= 0.3 is 0 Å². The highest BCUT2D eigenvalue weighted by Gasteiger charge is 2.23. The number of nitrogens with zero attached hydrogens (tertiary/aromatic N) is 3. The molecule has 6 rings (SSSR count). The van der Waals surface area contributed by atoms with Gasteiger partial charge in [0.05, 0.1) is 17.6 Å². The smallest absolute Gasteiger partial charge is 0.225 e. The normalized spacial score (nSPS) is 17.1. The Morgan fingerprint density at radius 1 is 0.875 bits per heavy atom. The van der Waals surface area contributed by atoms with Crippen LogP contribution in [0.3, 0.4) is 0 Å². The molecular weight excluding hydrogens is 496 g/mol. The van der Waals surface area contributed by atoms with Crippen LogP contribution >= 0.6 is 0 Å². The Labute approximate surface area is 235 Å². The fraction of sp³-hybridized carbons (Fsp3) is 0.303. The first-order chi connectivity index (χ1) is 19.5. The van der Waals surface area contributed by atoms with E-state index in [9.17, 15) is 4.79 Å². The number of benzene rings is 3. The van der Waals surface area contributed by atoms with Gasteiger partial charge in [0, 0.05) is 43.0 Å². The Hall–Kier alpha value is -4.39. The molecule has 0 atom stereocenters. The number of hydrogen-bond donors (Lipinski definition) is 3. The molecule has 40 heavy (non-hydrogen) atoms. The molecule has 2 heterocycles. The van der Waals surface area contributed by atoms with Crippen LogP contribution < -0.4 is 15.5 Å². The number of rotatable bonds is 8. The van der Waals surface area contributed by atoms with E-state index < -0.39 is 0 Å². The molecular formula is C33H36N6O. The second kappa shape index (κ2) is 11.4. The molecule has 1 fully saturated rings. The summed E-state index contributed by atoms with van der Waals surface area (Å²) >= 11 is 0. The average Bonchev–Trinajstić information content (AvgIpc) is 3.35. The monoisotopic (exact) mass is 532 g/mol. The van der Waals surface area contributed by atoms with Gasteiger partial charge in [-0.1, -0.05) is 60.7 Å². The number of carbonyl (C=O) groups is 1. The second-order valence-electron chi connectivity index (χ2n) is 11.0. The lowest BCUT2D eigenvalue weighted by Crippen LogP contribution is -2.35. The Balaban J connectivity index is 1.05. The lowest BCUT2D eigenvalue weighted by molar-refractivity contribution is -0.120. The van der Waals surface area contributed by atoms with Crippen molar-refractivity contribution in [3.05, 3.63) is 84.4 Å². The van der Waals surface area contributed by atoms with Crippen molar-refractivity contribution >= 4 is 39.5 Å². The summed E-state index contributed by atoms with van der Waals surface area (Å²) < 4.78 is 0. The van der Waals surface area contributed by atoms with E-state index in [-0.39, 0.29) is 5.91 Å². The molecule has 0 radical (unpaired) electrons. The summed E-state index contributed by atoms with van der Waals surface area (Å²) in [4.78, 5) is 28.3. The molecule has 3 N–H and O–H groups in total. The number of H-pyrrole nitrogens is 1. The van der Waals surface area contributed by atoms with Crippen molar-refractivity contribution in [1.82, 2.24) is 20.3 Å². The zero-order valence-electron chi connectivity index (χ0n) is 23.2. The van der Waals surface area contributed by atoms with Crippen LogP contribution in [0.1, 0.15) is 31.2 Å². The standard InChI is InChI=1S/C33H36N6O/c1-39(2)32-26-13-7-9-15-29(26)37-33(38-32)35-24-18-16-22(17-19-24)21-34-30(40)20-27-25-12-6-8-14-28(25)36-31(27)23-10-4-3-5-11-23/h3-15,22,24,36H,16-21H2,1-2H3,(H,34,40)(H,35,37,38)/t22-,24+. The van der Waals surface area contributed by atoms with Crippen LogP contribution in [-0.4, -0.2) is 47.5 Å². The van der Waals surface area contributed by atoms with E-state index in [4.69, 9.17) is 9.97 Å². The Bertz CT molecular complexity index is 1620. The van der Waals surface area contributed by atoms with Crippen molar-refractivity contribution < 1.29 is 4.79 Å². The molecule has 0 unspecified atom stereocenters. The van der Waals surface area contributed by atoms with Crippen molar-refractivity contribution in [2.24, 2.45) is 5.92 Å². The number of nitrogens with one attached hydrogen (secondary N) is 3. The number of anilines is 2. The third-order valence-electron chi connectivity index (χ3n) is 7.99. The number of aromatic nitrogens is 3. The summed E-state index contributed by atoms with van der Waals surface area (Å²) in [5.41, 5.74) is 5.19. The van der Waals surface area contributed by atoms with Gasteiger partial charge in [0.2, 0.25) is 11.9 Å². The van der Waals surface area contributed by atoms with Crippen LogP contribution in [0.25, 0.3) is 33.1 Å². The Kier molecular flexibility index (Phi) is 7.36. The molecule has 0 bridgehead atoms. The Morgan fingerprint density at radius 3 is 2.35 bits per heavy atom. The summed E-state index contributed by atoms with van der Waals surface area (Å²) in [6.45, 7) is 0.714. The topological polar surface area (TPSA) is 85.9 Å². The van der Waals surface area contributed by atoms with E-state index in [2.05, 4.69) is 45.9 Å². The van der Waals surface area contributed by atoms with E-state index in [1.54, 1.807) is 0 Å². The van der Waals surface area contributed by atoms with Crippen LogP contribution in [0.5, 0.6) is 0 Å². The quantitative estimate of drug-likeness (QED) is 0.222. The molecule has 7 heteroatoms. The molecule has 7 nitrogen and oxygen atoms in total. The molecule has 1 amide bonds. The molecule has 1 saturated carbocycles. The van der Waals surface area contributed by atoms with Crippen LogP contribution in [0.4, 0.5) is 11.8 Å². The van der Waals surface area contributed by atoms with Gasteiger partial charge in [0.15, 0.2) is 0 Å². The fourth-order valence-corrected chi connectivity index (χ4v) is 5.87. The van der Waals surface area contributed by atoms with Crippen LogP contribution in [0, 0.1) is 5.92 Å². The maximum Gasteiger partial charge on any atom is 0.225 e. The van der Waals surface area contributed by atoms with Gasteiger partial charge in [-0.25, -0.2) is 4.98 Å². The van der Waals surface area contributed by atoms with Crippen molar-refractivity contribution in [3.63, 3.8) is 0 Å². The molecule has 2 aromatic heterocycles. The van der Waals surface area contributed by atoms with Gasteiger partial charge in [0.1, 0.15) is 5.82 Å². The molecule has 204 valence electrons. The van der Waals surface area contributed by atoms with E-state index in [1.807, 2.05) is 67.5 Å². The highest BCUT2D eigenvalue weighted by atomic mass is 16.1. The van der Waals surface area contributed by atoms with Crippen molar-refractivity contribution in [1.29, 1.82) is 0 Å². The predicted molar refractivity (Wildman–Crippen MR) is 164 cm³/mol. The van der Waals surface area contributed by atoms with Crippen molar-refractivity contribution in [3.8, 4) is 11.3 Å². The summed E-state index contributed by atoms with van der Waals surface area (Å²) in [5.74, 6) is 2.17.